The van der Waals surface area contributed by atoms with Crippen molar-refractivity contribution in [2.24, 2.45) is 0 Å². The molecule has 1 aromatic carbocycles. The van der Waals surface area contributed by atoms with Crippen LogP contribution in [0.4, 0.5) is 0 Å². The van der Waals surface area contributed by atoms with Crippen molar-refractivity contribution < 1.29 is 9.53 Å². The first kappa shape index (κ1) is 18.6. The lowest BCUT2D eigenvalue weighted by atomic mass is 10.1. The molecule has 2 heterocycles. The summed E-state index contributed by atoms with van der Waals surface area (Å²) >= 11 is 0. The molecule has 0 radical (unpaired) electrons. The molecule has 0 bridgehead atoms. The van der Waals surface area contributed by atoms with Gasteiger partial charge in [0.15, 0.2) is 0 Å². The molecule has 1 aromatic heterocycles. The molecule has 1 aliphatic heterocycles. The van der Waals surface area contributed by atoms with Crippen LogP contribution in [0.3, 0.4) is 0 Å². The second-order valence-electron chi connectivity index (χ2n) is 6.89. The molecule has 1 saturated heterocycles. The number of piperidine rings is 1. The third-order valence-corrected chi connectivity index (χ3v) is 4.85. The number of likely N-dealkylation sites (tertiary alicyclic amines) is 1. The van der Waals surface area contributed by atoms with Crippen molar-refractivity contribution in [2.75, 3.05) is 32.8 Å². The number of fused-ring (bicyclic) bond motifs is 1. The van der Waals surface area contributed by atoms with Crippen LogP contribution in [0.5, 0.6) is 5.88 Å². The number of unbranched alkanes of at least 4 members (excludes halogenated alkanes) is 1. The topological polar surface area (TPSA) is 54.5 Å². The number of pyridine rings is 1. The Hall–Kier alpha value is -2.14. The Morgan fingerprint density at radius 3 is 2.85 bits per heavy atom. The van der Waals surface area contributed by atoms with Crippen LogP contribution >= 0.6 is 0 Å². The van der Waals surface area contributed by atoms with Crippen molar-refractivity contribution in [1.82, 2.24) is 15.2 Å². The molecule has 0 spiro atoms. The molecule has 0 unspecified atom stereocenters. The van der Waals surface area contributed by atoms with E-state index in [1.165, 1.54) is 19.3 Å². The quantitative estimate of drug-likeness (QED) is 0.735. The molecular weight excluding hydrogens is 326 g/mol. The highest BCUT2D eigenvalue weighted by molar-refractivity contribution is 6.06. The Morgan fingerprint density at radius 1 is 1.23 bits per heavy atom. The highest BCUT2D eigenvalue weighted by Crippen LogP contribution is 2.22. The van der Waals surface area contributed by atoms with E-state index < -0.39 is 0 Å². The molecular formula is C21H29N3O2. The molecule has 1 amide bonds. The summed E-state index contributed by atoms with van der Waals surface area (Å²) in [6, 6.07) is 9.51. The van der Waals surface area contributed by atoms with Crippen LogP contribution in [0, 0.1) is 0 Å². The molecule has 140 valence electrons. The zero-order chi connectivity index (χ0) is 18.2. The molecule has 3 rings (SSSR count). The van der Waals surface area contributed by atoms with Crippen LogP contribution in [0.2, 0.25) is 0 Å². The van der Waals surface area contributed by atoms with Crippen molar-refractivity contribution in [3.63, 3.8) is 0 Å². The maximum absolute atomic E-state index is 12.8. The lowest BCUT2D eigenvalue weighted by Gasteiger charge is -2.26. The molecule has 26 heavy (non-hydrogen) atoms. The summed E-state index contributed by atoms with van der Waals surface area (Å²) in [5, 5.41) is 3.94. The molecule has 1 aliphatic rings. The Balaban J connectivity index is 1.68. The number of ether oxygens (including phenoxy) is 1. The average molecular weight is 355 g/mol. The molecule has 2 aromatic rings. The fourth-order valence-electron chi connectivity index (χ4n) is 3.34. The molecule has 0 atom stereocenters. The van der Waals surface area contributed by atoms with Crippen LogP contribution in [-0.2, 0) is 0 Å². The number of rotatable bonds is 8. The molecule has 1 N–H and O–H groups in total. The van der Waals surface area contributed by atoms with Gasteiger partial charge in [-0.05, 0) is 38.4 Å². The minimum Gasteiger partial charge on any atom is -0.478 e. The maximum atomic E-state index is 12.8. The minimum atomic E-state index is -0.0547. The number of amides is 1. The smallest absolute Gasteiger partial charge is 0.252 e. The first-order valence-corrected chi connectivity index (χ1v) is 9.81. The van der Waals surface area contributed by atoms with E-state index in [4.69, 9.17) is 4.74 Å². The third kappa shape index (κ3) is 4.94. The molecule has 1 fully saturated rings. The fraction of sp³-hybridized carbons (Fsp3) is 0.524. The van der Waals surface area contributed by atoms with E-state index in [0.717, 1.165) is 43.4 Å². The van der Waals surface area contributed by atoms with Gasteiger partial charge in [-0.1, -0.05) is 38.0 Å². The van der Waals surface area contributed by atoms with Gasteiger partial charge < -0.3 is 15.0 Å². The Kier molecular flexibility index (Phi) is 6.83. The first-order chi connectivity index (χ1) is 12.8. The van der Waals surface area contributed by atoms with Gasteiger partial charge in [-0.25, -0.2) is 4.98 Å². The van der Waals surface area contributed by atoms with Crippen molar-refractivity contribution in [3.8, 4) is 5.88 Å². The van der Waals surface area contributed by atoms with E-state index in [1.54, 1.807) is 6.07 Å². The van der Waals surface area contributed by atoms with E-state index >= 15 is 0 Å². The molecule has 0 saturated carbocycles. The van der Waals surface area contributed by atoms with Gasteiger partial charge in [-0.2, -0.15) is 0 Å². The Morgan fingerprint density at radius 2 is 2.04 bits per heavy atom. The number of hydrogen-bond acceptors (Lipinski definition) is 4. The van der Waals surface area contributed by atoms with Crippen LogP contribution in [0.25, 0.3) is 10.9 Å². The predicted molar refractivity (Wildman–Crippen MR) is 105 cm³/mol. The lowest BCUT2D eigenvalue weighted by Crippen LogP contribution is -2.37. The van der Waals surface area contributed by atoms with Gasteiger partial charge in [0, 0.05) is 24.5 Å². The second-order valence-corrected chi connectivity index (χ2v) is 6.89. The summed E-state index contributed by atoms with van der Waals surface area (Å²) in [7, 11) is 0. The van der Waals surface area contributed by atoms with Gasteiger partial charge in [0.25, 0.3) is 5.91 Å². The summed E-state index contributed by atoms with van der Waals surface area (Å²) in [5.41, 5.74) is 1.43. The largest absolute Gasteiger partial charge is 0.478 e. The van der Waals surface area contributed by atoms with E-state index in [1.807, 2.05) is 24.3 Å². The van der Waals surface area contributed by atoms with E-state index in [9.17, 15) is 4.79 Å². The highest BCUT2D eigenvalue weighted by Gasteiger charge is 2.15. The van der Waals surface area contributed by atoms with Crippen LogP contribution < -0.4 is 10.1 Å². The minimum absolute atomic E-state index is 0.0547. The van der Waals surface area contributed by atoms with Crippen molar-refractivity contribution in [1.29, 1.82) is 0 Å². The van der Waals surface area contributed by atoms with Gasteiger partial charge in [-0.3, -0.25) is 4.79 Å². The summed E-state index contributed by atoms with van der Waals surface area (Å²) in [6.45, 7) is 6.61. The number of nitrogens with zero attached hydrogens (tertiary/aromatic N) is 2. The summed E-state index contributed by atoms with van der Waals surface area (Å²) < 4.78 is 5.75. The average Bonchev–Trinajstić information content (AvgIpc) is 2.68. The fourth-order valence-corrected chi connectivity index (χ4v) is 3.34. The number of carbonyl (C=O) groups is 1. The standard InChI is InChI=1S/C21H29N3O2/c1-2-3-15-26-20-16-18(17-9-5-6-10-19(17)23-20)21(25)22-11-14-24-12-7-4-8-13-24/h5-6,9-10,16H,2-4,7-8,11-15H2,1H3,(H,22,25). The number of hydrogen-bond donors (Lipinski definition) is 1. The monoisotopic (exact) mass is 355 g/mol. The highest BCUT2D eigenvalue weighted by atomic mass is 16.5. The first-order valence-electron chi connectivity index (χ1n) is 9.81. The van der Waals surface area contributed by atoms with Gasteiger partial charge in [0.1, 0.15) is 0 Å². The number of benzene rings is 1. The molecule has 5 nitrogen and oxygen atoms in total. The predicted octanol–water partition coefficient (Wildman–Crippen LogP) is 3.63. The van der Waals surface area contributed by atoms with E-state index in [2.05, 4.69) is 22.1 Å². The van der Waals surface area contributed by atoms with Crippen molar-refractivity contribution >= 4 is 16.8 Å². The normalized spacial score (nSPS) is 15.1. The summed E-state index contributed by atoms with van der Waals surface area (Å²) in [4.78, 5) is 19.7. The van der Waals surface area contributed by atoms with E-state index in [0.29, 0.717) is 24.6 Å². The van der Waals surface area contributed by atoms with E-state index in [-0.39, 0.29) is 5.91 Å². The van der Waals surface area contributed by atoms with Gasteiger partial charge in [0.2, 0.25) is 5.88 Å². The number of carbonyl (C=O) groups excluding carboxylic acids is 1. The van der Waals surface area contributed by atoms with Crippen molar-refractivity contribution in [3.05, 3.63) is 35.9 Å². The lowest BCUT2D eigenvalue weighted by molar-refractivity contribution is 0.0947. The number of para-hydroxylation sites is 1. The summed E-state index contributed by atoms with van der Waals surface area (Å²) in [5.74, 6) is 0.472. The van der Waals surface area contributed by atoms with Crippen LogP contribution in [0.1, 0.15) is 49.4 Å². The van der Waals surface area contributed by atoms with Crippen molar-refractivity contribution in [2.45, 2.75) is 39.0 Å². The number of nitrogens with one attached hydrogen (secondary N) is 1. The van der Waals surface area contributed by atoms with Gasteiger partial charge in [0.05, 0.1) is 17.7 Å². The van der Waals surface area contributed by atoms with Gasteiger partial charge >= 0.3 is 0 Å². The number of aromatic nitrogens is 1. The van der Waals surface area contributed by atoms with Crippen LogP contribution in [0.15, 0.2) is 30.3 Å². The Bertz CT molecular complexity index is 726. The Labute approximate surface area is 155 Å². The zero-order valence-electron chi connectivity index (χ0n) is 15.7. The molecule has 5 heteroatoms. The third-order valence-electron chi connectivity index (χ3n) is 4.85. The SMILES string of the molecule is CCCCOc1cc(C(=O)NCCN2CCCCC2)c2ccccc2n1. The molecule has 0 aliphatic carbocycles. The maximum Gasteiger partial charge on any atom is 0.252 e. The van der Waals surface area contributed by atoms with Gasteiger partial charge in [-0.15, -0.1) is 0 Å². The zero-order valence-corrected chi connectivity index (χ0v) is 15.7. The summed E-state index contributed by atoms with van der Waals surface area (Å²) in [6.07, 6.45) is 5.90. The second kappa shape index (κ2) is 9.53. The van der Waals surface area contributed by atoms with Crippen LogP contribution in [-0.4, -0.2) is 48.6 Å².